The maximum atomic E-state index is 13.2. The fraction of sp³-hybridized carbons (Fsp3) is 0.842. The number of rotatable bonds is 2. The van der Waals surface area contributed by atoms with Gasteiger partial charge in [-0.1, -0.05) is 5.16 Å². The van der Waals surface area contributed by atoms with E-state index in [9.17, 15) is 4.79 Å². The van der Waals surface area contributed by atoms with Gasteiger partial charge in [-0.3, -0.25) is 4.79 Å². The molecule has 1 aromatic heterocycles. The summed E-state index contributed by atoms with van der Waals surface area (Å²) in [6.45, 7) is 3.57. The molecule has 5 aliphatic rings. The van der Waals surface area contributed by atoms with Crippen molar-refractivity contribution >= 4 is 5.91 Å². The largest absolute Gasteiger partial charge is 0.342 e. The molecule has 0 aromatic carbocycles. The average molecular weight is 329 g/mol. The Morgan fingerprint density at radius 2 is 1.67 bits per heavy atom. The Hall–Kier alpha value is -1.39. The Morgan fingerprint density at radius 1 is 1.04 bits per heavy atom. The highest BCUT2D eigenvalue weighted by molar-refractivity contribution is 5.80. The zero-order chi connectivity index (χ0) is 16.3. The van der Waals surface area contributed by atoms with E-state index in [-0.39, 0.29) is 0 Å². The highest BCUT2D eigenvalue weighted by atomic mass is 16.5. The molecular weight excluding hydrogens is 302 g/mol. The fourth-order valence-corrected chi connectivity index (χ4v) is 6.37. The van der Waals surface area contributed by atoms with Gasteiger partial charge in [0.25, 0.3) is 0 Å². The third-order valence-corrected chi connectivity index (χ3v) is 7.21. The number of hydrogen-bond donors (Lipinski definition) is 0. The van der Waals surface area contributed by atoms with Crippen molar-refractivity contribution in [2.24, 2.45) is 29.6 Å². The summed E-state index contributed by atoms with van der Waals surface area (Å²) in [4.78, 5) is 19.7. The Kier molecular flexibility index (Phi) is 3.46. The minimum Gasteiger partial charge on any atom is -0.342 e. The maximum absolute atomic E-state index is 13.2. The number of piperidine rings is 1. The van der Waals surface area contributed by atoms with Crippen LogP contribution in [0.4, 0.5) is 0 Å². The molecule has 1 saturated heterocycles. The van der Waals surface area contributed by atoms with Gasteiger partial charge in [0, 0.05) is 24.9 Å². The number of likely N-dealkylation sites (tertiary alicyclic amines) is 1. The molecule has 0 radical (unpaired) electrons. The van der Waals surface area contributed by atoms with Gasteiger partial charge in [-0.05, 0) is 75.5 Å². The van der Waals surface area contributed by atoms with E-state index in [1.165, 1.54) is 32.1 Å². The molecular formula is C19H27N3O2. The summed E-state index contributed by atoms with van der Waals surface area (Å²) in [5, 5.41) is 3.90. The van der Waals surface area contributed by atoms with Crippen LogP contribution in [0.5, 0.6) is 0 Å². The summed E-state index contributed by atoms with van der Waals surface area (Å²) < 4.78 is 5.33. The van der Waals surface area contributed by atoms with Gasteiger partial charge < -0.3 is 9.42 Å². The van der Waals surface area contributed by atoms with Crippen molar-refractivity contribution in [3.05, 3.63) is 11.7 Å². The lowest BCUT2D eigenvalue weighted by Crippen LogP contribution is -2.53. The lowest BCUT2D eigenvalue weighted by atomic mass is 9.51. The van der Waals surface area contributed by atoms with E-state index in [4.69, 9.17) is 4.52 Å². The number of aromatic nitrogens is 2. The molecule has 4 bridgehead atoms. The standard InChI is InChI=1S/C19H27N3O2/c1-11-20-18(24-21-11)14-2-4-22(5-3-14)19(23)17-15-7-12-6-13(9-15)10-16(17)8-12/h12-17H,2-10H2,1H3. The van der Waals surface area contributed by atoms with E-state index in [1.807, 2.05) is 6.92 Å². The third kappa shape index (κ3) is 2.39. The monoisotopic (exact) mass is 329 g/mol. The van der Waals surface area contributed by atoms with Gasteiger partial charge in [-0.15, -0.1) is 0 Å². The van der Waals surface area contributed by atoms with Gasteiger partial charge in [0.05, 0.1) is 0 Å². The lowest BCUT2D eigenvalue weighted by Gasteiger charge is -2.54. The highest BCUT2D eigenvalue weighted by Crippen LogP contribution is 2.57. The minimum atomic E-state index is 0.328. The molecule has 24 heavy (non-hydrogen) atoms. The first-order chi connectivity index (χ1) is 11.7. The number of carbonyl (C=O) groups excluding carboxylic acids is 1. The molecule has 4 aliphatic carbocycles. The van der Waals surface area contributed by atoms with Crippen molar-refractivity contribution in [2.75, 3.05) is 13.1 Å². The van der Waals surface area contributed by atoms with Gasteiger partial charge in [0.1, 0.15) is 0 Å². The summed E-state index contributed by atoms with van der Waals surface area (Å²) in [5.74, 6) is 5.82. The second-order valence-electron chi connectivity index (χ2n) is 8.74. The average Bonchev–Trinajstić information content (AvgIpc) is 3.00. The highest BCUT2D eigenvalue weighted by Gasteiger charge is 2.51. The molecule has 130 valence electrons. The van der Waals surface area contributed by atoms with E-state index in [0.29, 0.717) is 35.4 Å². The van der Waals surface area contributed by atoms with Crippen molar-refractivity contribution in [1.29, 1.82) is 0 Å². The molecule has 1 aliphatic heterocycles. The van der Waals surface area contributed by atoms with Crippen LogP contribution in [0.1, 0.15) is 62.6 Å². The van der Waals surface area contributed by atoms with Crippen LogP contribution in [-0.4, -0.2) is 34.0 Å². The van der Waals surface area contributed by atoms with Crippen molar-refractivity contribution in [3.8, 4) is 0 Å². The number of amides is 1. The Balaban J connectivity index is 1.24. The summed E-state index contributed by atoms with van der Waals surface area (Å²) in [6.07, 6.45) is 8.65. The van der Waals surface area contributed by atoms with E-state index in [2.05, 4.69) is 15.0 Å². The topological polar surface area (TPSA) is 59.2 Å². The Labute approximate surface area is 143 Å². The minimum absolute atomic E-state index is 0.328. The van der Waals surface area contributed by atoms with Crippen LogP contribution in [0.25, 0.3) is 0 Å². The van der Waals surface area contributed by atoms with Crippen LogP contribution in [0.3, 0.4) is 0 Å². The molecule has 5 fully saturated rings. The molecule has 4 saturated carbocycles. The smallest absolute Gasteiger partial charge is 0.229 e. The lowest BCUT2D eigenvalue weighted by molar-refractivity contribution is -0.150. The van der Waals surface area contributed by atoms with E-state index in [0.717, 1.165) is 43.7 Å². The third-order valence-electron chi connectivity index (χ3n) is 7.21. The maximum Gasteiger partial charge on any atom is 0.229 e. The van der Waals surface area contributed by atoms with Gasteiger partial charge >= 0.3 is 0 Å². The Morgan fingerprint density at radius 3 is 2.21 bits per heavy atom. The molecule has 0 spiro atoms. The van der Waals surface area contributed by atoms with Crippen molar-refractivity contribution < 1.29 is 9.32 Å². The number of nitrogens with zero attached hydrogens (tertiary/aromatic N) is 3. The molecule has 1 amide bonds. The molecule has 2 heterocycles. The number of hydrogen-bond acceptors (Lipinski definition) is 4. The van der Waals surface area contributed by atoms with Gasteiger partial charge in [-0.25, -0.2) is 0 Å². The SMILES string of the molecule is Cc1noc(C2CCN(C(=O)C3C4CC5CC(C4)CC3C5)CC2)n1. The van der Waals surface area contributed by atoms with Crippen LogP contribution in [0.2, 0.25) is 0 Å². The van der Waals surface area contributed by atoms with Gasteiger partial charge in [0.15, 0.2) is 5.82 Å². The van der Waals surface area contributed by atoms with Crippen LogP contribution < -0.4 is 0 Å². The van der Waals surface area contributed by atoms with Crippen LogP contribution in [0, 0.1) is 36.5 Å². The fourth-order valence-electron chi connectivity index (χ4n) is 6.37. The second-order valence-corrected chi connectivity index (χ2v) is 8.74. The summed E-state index contributed by atoms with van der Waals surface area (Å²) in [6, 6.07) is 0. The van der Waals surface area contributed by atoms with Gasteiger partial charge in [0.2, 0.25) is 11.8 Å². The Bertz CT molecular complexity index is 604. The molecule has 5 nitrogen and oxygen atoms in total. The number of carbonyl (C=O) groups is 1. The van der Waals surface area contributed by atoms with Gasteiger partial charge in [-0.2, -0.15) is 4.98 Å². The number of aryl methyl sites for hydroxylation is 1. The molecule has 0 N–H and O–H groups in total. The van der Waals surface area contributed by atoms with Crippen LogP contribution in [0.15, 0.2) is 4.52 Å². The second kappa shape index (κ2) is 5.57. The predicted octanol–water partition coefficient (Wildman–Crippen LogP) is 3.16. The molecule has 0 unspecified atom stereocenters. The van der Waals surface area contributed by atoms with E-state index in [1.54, 1.807) is 0 Å². The first kappa shape index (κ1) is 14.9. The zero-order valence-corrected chi connectivity index (χ0v) is 14.5. The quantitative estimate of drug-likeness (QED) is 0.836. The molecule has 5 heteroatoms. The van der Waals surface area contributed by atoms with Crippen LogP contribution in [-0.2, 0) is 4.79 Å². The first-order valence-electron chi connectivity index (χ1n) is 9.76. The summed E-state index contributed by atoms with van der Waals surface area (Å²) in [5.41, 5.74) is 0. The summed E-state index contributed by atoms with van der Waals surface area (Å²) >= 11 is 0. The summed E-state index contributed by atoms with van der Waals surface area (Å²) in [7, 11) is 0. The van der Waals surface area contributed by atoms with Crippen molar-refractivity contribution in [3.63, 3.8) is 0 Å². The van der Waals surface area contributed by atoms with Crippen LogP contribution >= 0.6 is 0 Å². The molecule has 6 rings (SSSR count). The van der Waals surface area contributed by atoms with Crippen molar-refractivity contribution in [2.45, 2.75) is 57.8 Å². The normalized spacial score (nSPS) is 38.7. The molecule has 0 atom stereocenters. The van der Waals surface area contributed by atoms with E-state index >= 15 is 0 Å². The van der Waals surface area contributed by atoms with E-state index < -0.39 is 0 Å². The van der Waals surface area contributed by atoms with Crippen molar-refractivity contribution in [1.82, 2.24) is 15.0 Å². The first-order valence-corrected chi connectivity index (χ1v) is 9.76. The zero-order valence-electron chi connectivity index (χ0n) is 14.5. The predicted molar refractivity (Wildman–Crippen MR) is 88.1 cm³/mol. The molecule has 1 aromatic rings.